The number of aromatic amines is 1. The van der Waals surface area contributed by atoms with Crippen LogP contribution in [0.15, 0.2) is 66.9 Å². The zero-order valence-electron chi connectivity index (χ0n) is 21.1. The smallest absolute Gasteiger partial charge is 0.238 e. The molecule has 1 fully saturated rings. The number of hydrogen-bond acceptors (Lipinski definition) is 7. The summed E-state index contributed by atoms with van der Waals surface area (Å²) in [6, 6.07) is 19.3. The number of carbonyl (C=O) groups excluding carboxylic acids is 1. The molecular weight excluding hydrogens is 482 g/mol. The average molecular weight is 512 g/mol. The normalized spacial score (nSPS) is 15.4. The molecule has 2 aromatic carbocycles. The molecule has 2 aromatic heterocycles. The lowest BCUT2D eigenvalue weighted by Gasteiger charge is -2.31. The van der Waals surface area contributed by atoms with E-state index in [1.54, 1.807) is 13.3 Å². The number of piperidine rings is 1. The zero-order chi connectivity index (χ0) is 25.9. The summed E-state index contributed by atoms with van der Waals surface area (Å²) >= 11 is 0. The summed E-state index contributed by atoms with van der Waals surface area (Å²) in [6.45, 7) is 1.73. The molecule has 4 aromatic rings. The molecule has 0 saturated carbocycles. The molecule has 2 N–H and O–H groups in total. The Labute approximate surface area is 220 Å². The highest BCUT2D eigenvalue weighted by Gasteiger charge is 2.27. The summed E-state index contributed by atoms with van der Waals surface area (Å²) in [4.78, 5) is 25.8. The van der Waals surface area contributed by atoms with Gasteiger partial charge in [-0.2, -0.15) is 0 Å². The van der Waals surface area contributed by atoms with Crippen LogP contribution in [0.4, 0.5) is 0 Å². The van der Waals surface area contributed by atoms with E-state index in [4.69, 9.17) is 19.2 Å². The second-order valence-corrected chi connectivity index (χ2v) is 9.45. The Morgan fingerprint density at radius 1 is 1.08 bits per heavy atom. The number of fused-ring (bicyclic) bond motifs is 1. The third kappa shape index (κ3) is 5.05. The number of ether oxygens (including phenoxy) is 3. The van der Waals surface area contributed by atoms with E-state index in [-0.39, 0.29) is 18.6 Å². The van der Waals surface area contributed by atoms with Crippen molar-refractivity contribution in [1.29, 1.82) is 0 Å². The molecule has 0 radical (unpaired) electrons. The van der Waals surface area contributed by atoms with Crippen LogP contribution in [-0.2, 0) is 11.2 Å². The number of hydrazine groups is 1. The van der Waals surface area contributed by atoms with Crippen LogP contribution in [0.25, 0.3) is 22.6 Å². The fourth-order valence-corrected chi connectivity index (χ4v) is 4.94. The van der Waals surface area contributed by atoms with E-state index in [0.29, 0.717) is 6.42 Å². The third-order valence-corrected chi connectivity index (χ3v) is 6.98. The third-order valence-electron chi connectivity index (χ3n) is 6.98. The molecule has 0 aliphatic carbocycles. The molecule has 6 rings (SSSR count). The van der Waals surface area contributed by atoms with Crippen molar-refractivity contribution in [2.45, 2.75) is 25.2 Å². The molecule has 0 unspecified atom stereocenters. The SMILES string of the molecule is COc1ccc(CC(=O)NN2CCC(c3nc(-c4ccc5c(c4)OCO5)c(-c4ccccn4)[nH]3)CC2)cc1. The number of amides is 1. The van der Waals surface area contributed by atoms with E-state index in [2.05, 4.69) is 15.4 Å². The van der Waals surface area contributed by atoms with Gasteiger partial charge in [0, 0.05) is 30.8 Å². The first-order valence-electron chi connectivity index (χ1n) is 12.7. The number of benzene rings is 2. The fraction of sp³-hybridized carbons (Fsp3) is 0.276. The van der Waals surface area contributed by atoms with Gasteiger partial charge in [0.1, 0.15) is 11.6 Å². The molecule has 9 nitrogen and oxygen atoms in total. The van der Waals surface area contributed by atoms with E-state index in [1.807, 2.05) is 65.7 Å². The topological polar surface area (TPSA) is 102 Å². The maximum absolute atomic E-state index is 12.6. The van der Waals surface area contributed by atoms with Crippen LogP contribution >= 0.6 is 0 Å². The van der Waals surface area contributed by atoms with Gasteiger partial charge in [-0.05, 0) is 60.9 Å². The van der Waals surface area contributed by atoms with Gasteiger partial charge in [0.15, 0.2) is 11.5 Å². The summed E-state index contributed by atoms with van der Waals surface area (Å²) in [7, 11) is 1.63. The summed E-state index contributed by atoms with van der Waals surface area (Å²) in [5, 5.41) is 2.00. The van der Waals surface area contributed by atoms with Crippen molar-refractivity contribution in [3.05, 3.63) is 78.2 Å². The number of carbonyl (C=O) groups is 1. The average Bonchev–Trinajstić information content (AvgIpc) is 3.62. The molecule has 38 heavy (non-hydrogen) atoms. The number of methoxy groups -OCH3 is 1. The summed E-state index contributed by atoms with van der Waals surface area (Å²) in [5.41, 5.74) is 7.51. The van der Waals surface area contributed by atoms with E-state index in [0.717, 1.165) is 77.2 Å². The zero-order valence-corrected chi connectivity index (χ0v) is 21.1. The number of aromatic nitrogens is 3. The Balaban J connectivity index is 1.15. The minimum Gasteiger partial charge on any atom is -0.497 e. The highest BCUT2D eigenvalue weighted by Crippen LogP contribution is 2.39. The number of H-pyrrole nitrogens is 1. The van der Waals surface area contributed by atoms with Crippen molar-refractivity contribution in [3.63, 3.8) is 0 Å². The largest absolute Gasteiger partial charge is 0.497 e. The van der Waals surface area contributed by atoms with Crippen molar-refractivity contribution in [2.24, 2.45) is 0 Å². The van der Waals surface area contributed by atoms with Crippen LogP contribution in [-0.4, -0.2) is 52.9 Å². The lowest BCUT2D eigenvalue weighted by Crippen LogP contribution is -2.46. The van der Waals surface area contributed by atoms with Gasteiger partial charge in [-0.1, -0.05) is 18.2 Å². The van der Waals surface area contributed by atoms with Gasteiger partial charge in [-0.15, -0.1) is 0 Å². The van der Waals surface area contributed by atoms with Gasteiger partial charge in [0.25, 0.3) is 0 Å². The highest BCUT2D eigenvalue weighted by atomic mass is 16.7. The summed E-state index contributed by atoms with van der Waals surface area (Å²) < 4.78 is 16.3. The maximum Gasteiger partial charge on any atom is 0.238 e. The Kier molecular flexibility index (Phi) is 6.66. The van der Waals surface area contributed by atoms with Gasteiger partial charge in [0.2, 0.25) is 12.7 Å². The van der Waals surface area contributed by atoms with E-state index < -0.39 is 0 Å². The number of imidazole rings is 1. The highest BCUT2D eigenvalue weighted by molar-refractivity contribution is 5.79. The quantitative estimate of drug-likeness (QED) is 0.381. The van der Waals surface area contributed by atoms with Gasteiger partial charge in [-0.3, -0.25) is 15.2 Å². The van der Waals surface area contributed by atoms with E-state index in [1.165, 1.54) is 0 Å². The molecule has 2 aliphatic heterocycles. The summed E-state index contributed by atoms with van der Waals surface area (Å²) in [6.07, 6.45) is 3.86. The monoisotopic (exact) mass is 511 g/mol. The second kappa shape index (κ2) is 10.5. The van der Waals surface area contributed by atoms with Gasteiger partial charge >= 0.3 is 0 Å². The predicted molar refractivity (Wildman–Crippen MR) is 142 cm³/mol. The minimum absolute atomic E-state index is 0.0193. The van der Waals surface area contributed by atoms with Crippen molar-refractivity contribution >= 4 is 5.91 Å². The van der Waals surface area contributed by atoms with Crippen molar-refractivity contribution < 1.29 is 19.0 Å². The molecule has 0 spiro atoms. The van der Waals surface area contributed by atoms with E-state index >= 15 is 0 Å². The number of hydrogen-bond donors (Lipinski definition) is 2. The number of rotatable bonds is 7. The second-order valence-electron chi connectivity index (χ2n) is 9.45. The number of pyridine rings is 1. The predicted octanol–water partition coefficient (Wildman–Crippen LogP) is 4.33. The van der Waals surface area contributed by atoms with Crippen molar-refractivity contribution in [1.82, 2.24) is 25.4 Å². The summed E-state index contributed by atoms with van der Waals surface area (Å²) in [5.74, 6) is 3.40. The molecule has 4 heterocycles. The van der Waals surface area contributed by atoms with Gasteiger partial charge in [-0.25, -0.2) is 9.99 Å². The van der Waals surface area contributed by atoms with Gasteiger partial charge in [0.05, 0.1) is 30.6 Å². The Morgan fingerprint density at radius 3 is 2.66 bits per heavy atom. The van der Waals surface area contributed by atoms with Gasteiger partial charge < -0.3 is 19.2 Å². The lowest BCUT2D eigenvalue weighted by atomic mass is 9.97. The van der Waals surface area contributed by atoms with Crippen LogP contribution in [0.3, 0.4) is 0 Å². The molecule has 2 aliphatic rings. The Morgan fingerprint density at radius 2 is 1.89 bits per heavy atom. The van der Waals surface area contributed by atoms with Crippen molar-refractivity contribution in [3.8, 4) is 39.9 Å². The molecular formula is C29H29N5O4. The molecule has 1 amide bonds. The molecule has 194 valence electrons. The maximum atomic E-state index is 12.6. The fourth-order valence-electron chi connectivity index (χ4n) is 4.94. The van der Waals surface area contributed by atoms with Crippen LogP contribution in [0.5, 0.6) is 17.2 Å². The number of nitrogens with one attached hydrogen (secondary N) is 2. The van der Waals surface area contributed by atoms with Crippen LogP contribution in [0.1, 0.15) is 30.1 Å². The lowest BCUT2D eigenvalue weighted by molar-refractivity contribution is -0.125. The Hall–Kier alpha value is -4.37. The number of nitrogens with zero attached hydrogens (tertiary/aromatic N) is 3. The molecule has 9 heteroatoms. The Bertz CT molecular complexity index is 1410. The first-order valence-corrected chi connectivity index (χ1v) is 12.7. The molecule has 0 bridgehead atoms. The molecule has 0 atom stereocenters. The standard InChI is InChI=1S/C29H29N5O4/c1-36-22-8-5-19(6-9-22)16-26(35)33-34-14-11-20(12-15-34)29-31-27(28(32-29)23-4-2-3-13-30-23)21-7-10-24-25(17-21)38-18-37-24/h2-10,13,17,20H,11-12,14-16,18H2,1H3,(H,31,32)(H,33,35). The van der Waals surface area contributed by atoms with E-state index in [9.17, 15) is 4.79 Å². The van der Waals surface area contributed by atoms with Crippen LogP contribution in [0.2, 0.25) is 0 Å². The minimum atomic E-state index is -0.0193. The first kappa shape index (κ1) is 24.0. The van der Waals surface area contributed by atoms with Crippen LogP contribution < -0.4 is 19.6 Å². The first-order chi connectivity index (χ1) is 18.7. The van der Waals surface area contributed by atoms with Crippen molar-refractivity contribution in [2.75, 3.05) is 27.0 Å². The molecule has 1 saturated heterocycles. The van der Waals surface area contributed by atoms with Crippen LogP contribution in [0, 0.1) is 0 Å².